The molecular formula is C15H21N5O3. The second-order valence-corrected chi connectivity index (χ2v) is 4.54. The Kier molecular flexibility index (Phi) is 7.12. The Morgan fingerprint density at radius 2 is 2.09 bits per heavy atom. The number of amides is 2. The number of carbonyl (C=O) groups excluding carboxylic acids is 2. The Labute approximate surface area is 134 Å². The second-order valence-electron chi connectivity index (χ2n) is 4.54. The maximum absolute atomic E-state index is 12.1. The van der Waals surface area contributed by atoms with Gasteiger partial charge in [0, 0.05) is 26.2 Å². The number of hydrogen-bond donors (Lipinski definition) is 3. The van der Waals surface area contributed by atoms with E-state index in [1.165, 1.54) is 4.90 Å². The van der Waals surface area contributed by atoms with E-state index in [2.05, 4.69) is 16.9 Å². The summed E-state index contributed by atoms with van der Waals surface area (Å²) in [7, 11) is 1.58. The third-order valence-corrected chi connectivity index (χ3v) is 2.81. The van der Waals surface area contributed by atoms with Crippen molar-refractivity contribution in [2.24, 2.45) is 16.5 Å². The van der Waals surface area contributed by atoms with Crippen LogP contribution in [0.25, 0.3) is 0 Å². The first-order valence-electron chi connectivity index (χ1n) is 6.96. The number of hydrogen-bond acceptors (Lipinski definition) is 4. The third kappa shape index (κ3) is 6.08. The van der Waals surface area contributed by atoms with Crippen molar-refractivity contribution in [2.75, 3.05) is 25.0 Å². The lowest BCUT2D eigenvalue weighted by atomic mass is 10.2. The van der Waals surface area contributed by atoms with Crippen LogP contribution in [-0.2, 0) is 4.79 Å². The molecular weight excluding hydrogens is 298 g/mol. The summed E-state index contributed by atoms with van der Waals surface area (Å²) in [6.07, 6.45) is 1.66. The van der Waals surface area contributed by atoms with E-state index in [1.807, 2.05) is 0 Å². The maximum Gasteiger partial charge on any atom is 0.335 e. The van der Waals surface area contributed by atoms with Gasteiger partial charge in [-0.05, 0) is 18.6 Å². The van der Waals surface area contributed by atoms with Crippen LogP contribution in [-0.4, -0.2) is 38.1 Å². The molecule has 23 heavy (non-hydrogen) atoms. The molecule has 0 fully saturated rings. The van der Waals surface area contributed by atoms with E-state index < -0.39 is 5.97 Å². The summed E-state index contributed by atoms with van der Waals surface area (Å²) >= 11 is 0. The zero-order chi connectivity index (χ0) is 17.2. The highest BCUT2D eigenvalue weighted by atomic mass is 16.5. The molecule has 0 bridgehead atoms. The van der Waals surface area contributed by atoms with Gasteiger partial charge in [-0.15, -0.1) is 0 Å². The monoisotopic (exact) mass is 319 g/mol. The number of nitrogens with zero attached hydrogens (tertiary/aromatic N) is 2. The number of para-hydroxylation sites is 2. The highest BCUT2D eigenvalue weighted by Crippen LogP contribution is 2.27. The lowest BCUT2D eigenvalue weighted by Gasteiger charge is -2.20. The molecule has 0 radical (unpaired) electrons. The number of nitrogens with one attached hydrogen (secondary N) is 1. The van der Waals surface area contributed by atoms with Crippen LogP contribution in [0.5, 0.6) is 5.75 Å². The Balaban J connectivity index is 2.64. The topological polar surface area (TPSA) is 123 Å². The number of benzene rings is 1. The van der Waals surface area contributed by atoms with Crippen molar-refractivity contribution in [2.45, 2.75) is 6.42 Å². The molecule has 0 unspecified atom stereocenters. The molecule has 0 aliphatic carbocycles. The van der Waals surface area contributed by atoms with Gasteiger partial charge in [0.1, 0.15) is 0 Å². The van der Waals surface area contributed by atoms with E-state index in [9.17, 15) is 9.59 Å². The Morgan fingerprint density at radius 3 is 2.74 bits per heavy atom. The fourth-order valence-electron chi connectivity index (χ4n) is 1.68. The predicted octanol–water partition coefficient (Wildman–Crippen LogP) is 0.587. The van der Waals surface area contributed by atoms with Crippen LogP contribution in [0, 0.1) is 0 Å². The summed E-state index contributed by atoms with van der Waals surface area (Å²) < 4.78 is 5.11. The third-order valence-electron chi connectivity index (χ3n) is 2.81. The van der Waals surface area contributed by atoms with Crippen LogP contribution in [0.15, 0.2) is 41.9 Å². The predicted molar refractivity (Wildman–Crippen MR) is 89.4 cm³/mol. The quantitative estimate of drug-likeness (QED) is 0.169. The van der Waals surface area contributed by atoms with Gasteiger partial charge in [-0.3, -0.25) is 9.89 Å². The molecule has 1 rings (SSSR count). The molecule has 0 saturated carbocycles. The van der Waals surface area contributed by atoms with Crippen LogP contribution >= 0.6 is 0 Å². The minimum absolute atomic E-state index is 0.0198. The average molecular weight is 319 g/mol. The minimum atomic E-state index is -0.594. The van der Waals surface area contributed by atoms with E-state index in [1.54, 1.807) is 31.3 Å². The number of aliphatic imine (C=N–C) groups is 1. The van der Waals surface area contributed by atoms with Crippen LogP contribution in [0.3, 0.4) is 0 Å². The first-order valence-corrected chi connectivity index (χ1v) is 6.96. The van der Waals surface area contributed by atoms with Crippen LogP contribution < -0.4 is 26.4 Å². The molecule has 8 heteroatoms. The first-order chi connectivity index (χ1) is 11.0. The molecule has 0 atom stereocenters. The zero-order valence-corrected chi connectivity index (χ0v) is 13.0. The van der Waals surface area contributed by atoms with Gasteiger partial charge in [0.25, 0.3) is 0 Å². The SMILES string of the molecule is C=CC(=O)Oc1ccccc1N(C)C(=O)NCCCN=C(N)N. The summed E-state index contributed by atoms with van der Waals surface area (Å²) in [5.74, 6) is -0.301. The fourth-order valence-corrected chi connectivity index (χ4v) is 1.68. The lowest BCUT2D eigenvalue weighted by molar-refractivity contribution is -0.128. The molecule has 1 aromatic carbocycles. The molecule has 0 aliphatic rings. The minimum Gasteiger partial charge on any atom is -0.421 e. The normalized spacial score (nSPS) is 9.61. The summed E-state index contributed by atoms with van der Waals surface area (Å²) in [6, 6.07) is 6.38. The van der Waals surface area contributed by atoms with Crippen molar-refractivity contribution < 1.29 is 14.3 Å². The van der Waals surface area contributed by atoms with Crippen LogP contribution in [0.2, 0.25) is 0 Å². The Morgan fingerprint density at radius 1 is 1.39 bits per heavy atom. The smallest absolute Gasteiger partial charge is 0.335 e. The Bertz CT molecular complexity index is 597. The van der Waals surface area contributed by atoms with Gasteiger partial charge in [0.05, 0.1) is 5.69 Å². The van der Waals surface area contributed by atoms with E-state index >= 15 is 0 Å². The second kappa shape index (κ2) is 9.08. The van der Waals surface area contributed by atoms with Gasteiger partial charge in [0.15, 0.2) is 11.7 Å². The number of anilines is 1. The van der Waals surface area contributed by atoms with Crippen molar-refractivity contribution in [3.63, 3.8) is 0 Å². The van der Waals surface area contributed by atoms with E-state index in [-0.39, 0.29) is 17.7 Å². The Hall–Kier alpha value is -3.03. The van der Waals surface area contributed by atoms with Gasteiger partial charge in [-0.25, -0.2) is 9.59 Å². The van der Waals surface area contributed by atoms with E-state index in [0.29, 0.717) is 25.2 Å². The molecule has 0 spiro atoms. The molecule has 0 saturated heterocycles. The molecule has 5 N–H and O–H groups in total. The largest absolute Gasteiger partial charge is 0.421 e. The number of guanidine groups is 1. The molecule has 2 amide bonds. The van der Waals surface area contributed by atoms with Gasteiger partial charge in [-0.2, -0.15) is 0 Å². The number of urea groups is 1. The zero-order valence-electron chi connectivity index (χ0n) is 13.0. The molecule has 8 nitrogen and oxygen atoms in total. The molecule has 0 aliphatic heterocycles. The van der Waals surface area contributed by atoms with E-state index in [0.717, 1.165) is 6.08 Å². The number of esters is 1. The van der Waals surface area contributed by atoms with Crippen molar-refractivity contribution >= 4 is 23.6 Å². The average Bonchev–Trinajstić information content (AvgIpc) is 2.53. The molecule has 0 heterocycles. The molecule has 1 aromatic rings. The van der Waals surface area contributed by atoms with Crippen LogP contribution in [0.1, 0.15) is 6.42 Å². The van der Waals surface area contributed by atoms with Gasteiger partial charge in [0.2, 0.25) is 0 Å². The number of nitrogens with two attached hydrogens (primary N) is 2. The van der Waals surface area contributed by atoms with Crippen molar-refractivity contribution in [3.05, 3.63) is 36.9 Å². The summed E-state index contributed by atoms with van der Waals surface area (Å²) in [6.45, 7) is 4.18. The van der Waals surface area contributed by atoms with E-state index in [4.69, 9.17) is 16.2 Å². The summed E-state index contributed by atoms with van der Waals surface area (Å²) in [5, 5.41) is 2.72. The fraction of sp³-hybridized carbons (Fsp3) is 0.267. The molecule has 0 aromatic heterocycles. The van der Waals surface area contributed by atoms with Gasteiger partial charge < -0.3 is 21.5 Å². The van der Waals surface area contributed by atoms with Gasteiger partial charge >= 0.3 is 12.0 Å². The number of carbonyl (C=O) groups is 2. The number of rotatable bonds is 7. The van der Waals surface area contributed by atoms with Crippen molar-refractivity contribution in [3.8, 4) is 5.75 Å². The highest BCUT2D eigenvalue weighted by Gasteiger charge is 2.15. The summed E-state index contributed by atoms with van der Waals surface area (Å²) in [4.78, 5) is 28.6. The maximum atomic E-state index is 12.1. The van der Waals surface area contributed by atoms with Crippen LogP contribution in [0.4, 0.5) is 10.5 Å². The van der Waals surface area contributed by atoms with Gasteiger partial charge in [-0.1, -0.05) is 18.7 Å². The van der Waals surface area contributed by atoms with Crippen molar-refractivity contribution in [1.82, 2.24) is 5.32 Å². The lowest BCUT2D eigenvalue weighted by Crippen LogP contribution is -2.38. The highest BCUT2D eigenvalue weighted by molar-refractivity contribution is 5.94. The standard InChI is InChI=1S/C15H21N5O3/c1-3-13(21)23-12-8-5-4-7-11(12)20(2)15(22)19-10-6-9-18-14(16)17/h3-5,7-8H,1,6,9-10H2,2H3,(H,19,22)(H4,16,17,18). The first kappa shape index (κ1) is 18.0. The van der Waals surface area contributed by atoms with Crippen molar-refractivity contribution in [1.29, 1.82) is 0 Å². The summed E-state index contributed by atoms with van der Waals surface area (Å²) in [5.41, 5.74) is 10.9. The molecule has 124 valence electrons. The number of ether oxygens (including phenoxy) is 1.